The van der Waals surface area contributed by atoms with E-state index in [-0.39, 0.29) is 5.97 Å². The Bertz CT molecular complexity index is 585. The fourth-order valence-electron chi connectivity index (χ4n) is 4.07. The summed E-state index contributed by atoms with van der Waals surface area (Å²) in [6, 6.07) is 8.11. The maximum atomic E-state index is 12.0. The monoisotopic (exact) mass is 384 g/mol. The molecule has 28 heavy (non-hydrogen) atoms. The first-order valence-corrected chi connectivity index (χ1v) is 11.7. The van der Waals surface area contributed by atoms with E-state index in [1.165, 1.54) is 81.8 Å². The van der Waals surface area contributed by atoms with Crippen molar-refractivity contribution in [1.82, 2.24) is 0 Å². The van der Waals surface area contributed by atoms with Gasteiger partial charge in [0.1, 0.15) is 5.75 Å². The van der Waals surface area contributed by atoms with Gasteiger partial charge in [-0.05, 0) is 54.9 Å². The van der Waals surface area contributed by atoms with Crippen LogP contribution in [-0.4, -0.2) is 5.97 Å². The molecule has 1 atom stereocenters. The van der Waals surface area contributed by atoms with Gasteiger partial charge in [-0.1, -0.05) is 89.8 Å². The SMILES string of the molecule is CCCCCCCC(=O)Oc1ccc(C2=CCC(CCCCCC)CC2)cc1. The molecule has 1 aromatic rings. The molecule has 0 aliphatic heterocycles. The van der Waals surface area contributed by atoms with Crippen molar-refractivity contribution in [3.05, 3.63) is 35.9 Å². The quantitative estimate of drug-likeness (QED) is 0.195. The summed E-state index contributed by atoms with van der Waals surface area (Å²) in [5, 5.41) is 0. The first-order chi connectivity index (χ1) is 13.7. The molecule has 0 heterocycles. The molecule has 0 saturated carbocycles. The van der Waals surface area contributed by atoms with Crippen LogP contribution >= 0.6 is 0 Å². The molecule has 0 N–H and O–H groups in total. The van der Waals surface area contributed by atoms with E-state index in [1.807, 2.05) is 12.1 Å². The summed E-state index contributed by atoms with van der Waals surface area (Å²) < 4.78 is 5.49. The molecule has 2 rings (SSSR count). The van der Waals surface area contributed by atoms with Gasteiger partial charge in [-0.25, -0.2) is 0 Å². The lowest BCUT2D eigenvalue weighted by molar-refractivity contribution is -0.134. The molecule has 156 valence electrons. The number of ether oxygens (including phenoxy) is 1. The van der Waals surface area contributed by atoms with Crippen LogP contribution in [0.5, 0.6) is 5.75 Å². The van der Waals surface area contributed by atoms with E-state index in [2.05, 4.69) is 32.1 Å². The summed E-state index contributed by atoms with van der Waals surface area (Å²) >= 11 is 0. The van der Waals surface area contributed by atoms with Gasteiger partial charge in [-0.15, -0.1) is 0 Å². The van der Waals surface area contributed by atoms with Gasteiger partial charge in [0.05, 0.1) is 0 Å². The van der Waals surface area contributed by atoms with Gasteiger partial charge < -0.3 is 4.74 Å². The third kappa shape index (κ3) is 8.63. The van der Waals surface area contributed by atoms with E-state index in [0.29, 0.717) is 12.2 Å². The van der Waals surface area contributed by atoms with Crippen LogP contribution in [0.2, 0.25) is 0 Å². The average Bonchev–Trinajstić information content (AvgIpc) is 2.72. The van der Waals surface area contributed by atoms with Crippen molar-refractivity contribution in [3.8, 4) is 5.75 Å². The molecule has 0 bridgehead atoms. The molecule has 1 aliphatic carbocycles. The van der Waals surface area contributed by atoms with Gasteiger partial charge in [-0.3, -0.25) is 4.79 Å². The average molecular weight is 385 g/mol. The predicted octanol–water partition coefficient (Wildman–Crippen LogP) is 8.11. The van der Waals surface area contributed by atoms with Crippen molar-refractivity contribution < 1.29 is 9.53 Å². The van der Waals surface area contributed by atoms with Gasteiger partial charge in [0.2, 0.25) is 0 Å². The van der Waals surface area contributed by atoms with Crippen molar-refractivity contribution >= 4 is 11.5 Å². The summed E-state index contributed by atoms with van der Waals surface area (Å²) in [7, 11) is 0. The van der Waals surface area contributed by atoms with Crippen LogP contribution in [0, 0.1) is 5.92 Å². The van der Waals surface area contributed by atoms with Gasteiger partial charge in [0.15, 0.2) is 0 Å². The third-order valence-electron chi connectivity index (χ3n) is 5.93. The minimum absolute atomic E-state index is 0.105. The second-order valence-electron chi connectivity index (χ2n) is 8.38. The van der Waals surface area contributed by atoms with E-state index >= 15 is 0 Å². The van der Waals surface area contributed by atoms with Crippen LogP contribution in [0.15, 0.2) is 30.3 Å². The highest BCUT2D eigenvalue weighted by molar-refractivity contribution is 5.73. The fraction of sp³-hybridized carbons (Fsp3) is 0.654. The largest absolute Gasteiger partial charge is 0.427 e. The van der Waals surface area contributed by atoms with Crippen LogP contribution in [-0.2, 0) is 4.79 Å². The Labute approximate surface area is 172 Å². The molecule has 0 amide bonds. The zero-order chi connectivity index (χ0) is 20.0. The Morgan fingerprint density at radius 1 is 0.929 bits per heavy atom. The number of rotatable bonds is 13. The zero-order valence-corrected chi connectivity index (χ0v) is 18.2. The molecule has 0 radical (unpaired) electrons. The zero-order valence-electron chi connectivity index (χ0n) is 18.2. The minimum Gasteiger partial charge on any atom is -0.427 e. The molecule has 2 nitrogen and oxygen atoms in total. The highest BCUT2D eigenvalue weighted by Gasteiger charge is 2.15. The van der Waals surface area contributed by atoms with Crippen molar-refractivity contribution in [1.29, 1.82) is 0 Å². The summed E-state index contributed by atoms with van der Waals surface area (Å²) in [6.07, 6.45) is 19.3. The van der Waals surface area contributed by atoms with Crippen molar-refractivity contribution in [2.45, 2.75) is 104 Å². The number of hydrogen-bond acceptors (Lipinski definition) is 2. The van der Waals surface area contributed by atoms with E-state index < -0.39 is 0 Å². The first kappa shape index (κ1) is 22.7. The Balaban J connectivity index is 1.72. The van der Waals surface area contributed by atoms with Crippen molar-refractivity contribution in [2.75, 3.05) is 0 Å². The lowest BCUT2D eigenvalue weighted by atomic mass is 9.84. The maximum absolute atomic E-state index is 12.0. The number of carbonyl (C=O) groups is 1. The van der Waals surface area contributed by atoms with Crippen LogP contribution < -0.4 is 4.74 Å². The minimum atomic E-state index is -0.105. The Morgan fingerprint density at radius 2 is 1.61 bits per heavy atom. The standard InChI is InChI=1S/C26H40O2/c1-3-5-7-9-11-13-26(27)28-25-20-18-24(19-21-25)23-16-14-22(15-17-23)12-10-8-6-4-2/h16,18-22H,3-15,17H2,1-2H3. The summed E-state index contributed by atoms with van der Waals surface area (Å²) in [5.41, 5.74) is 2.74. The second kappa shape index (κ2) is 13.6. The molecular formula is C26H40O2. The molecule has 0 aromatic heterocycles. The lowest BCUT2D eigenvalue weighted by Crippen LogP contribution is -2.08. The molecule has 1 unspecified atom stereocenters. The summed E-state index contributed by atoms with van der Waals surface area (Å²) in [4.78, 5) is 12.0. The van der Waals surface area contributed by atoms with Gasteiger partial charge in [-0.2, -0.15) is 0 Å². The van der Waals surface area contributed by atoms with Gasteiger partial charge in [0, 0.05) is 6.42 Å². The predicted molar refractivity (Wildman–Crippen MR) is 120 cm³/mol. The normalized spacial score (nSPS) is 16.6. The van der Waals surface area contributed by atoms with Gasteiger partial charge in [0.25, 0.3) is 0 Å². The van der Waals surface area contributed by atoms with Crippen molar-refractivity contribution in [3.63, 3.8) is 0 Å². The second-order valence-corrected chi connectivity index (χ2v) is 8.38. The van der Waals surface area contributed by atoms with E-state index in [0.717, 1.165) is 18.8 Å². The van der Waals surface area contributed by atoms with E-state index in [1.54, 1.807) is 0 Å². The van der Waals surface area contributed by atoms with E-state index in [4.69, 9.17) is 4.74 Å². The number of esters is 1. The smallest absolute Gasteiger partial charge is 0.311 e. The molecule has 0 saturated heterocycles. The number of unbranched alkanes of at least 4 members (excludes halogenated alkanes) is 7. The van der Waals surface area contributed by atoms with Crippen molar-refractivity contribution in [2.24, 2.45) is 5.92 Å². The lowest BCUT2D eigenvalue weighted by Gasteiger charge is -2.22. The molecule has 0 spiro atoms. The van der Waals surface area contributed by atoms with Crippen LogP contribution in [0.1, 0.15) is 109 Å². The van der Waals surface area contributed by atoms with Crippen LogP contribution in [0.25, 0.3) is 5.57 Å². The number of hydrogen-bond donors (Lipinski definition) is 0. The topological polar surface area (TPSA) is 26.3 Å². The molecule has 0 fully saturated rings. The highest BCUT2D eigenvalue weighted by Crippen LogP contribution is 2.33. The maximum Gasteiger partial charge on any atom is 0.311 e. The summed E-state index contributed by atoms with van der Waals surface area (Å²) in [6.45, 7) is 4.48. The first-order valence-electron chi connectivity index (χ1n) is 11.7. The van der Waals surface area contributed by atoms with Crippen LogP contribution in [0.4, 0.5) is 0 Å². The molecule has 1 aliphatic rings. The number of carbonyl (C=O) groups excluding carboxylic acids is 1. The molecule has 2 heteroatoms. The van der Waals surface area contributed by atoms with Crippen LogP contribution in [0.3, 0.4) is 0 Å². The Kier molecular flexibility index (Phi) is 11.0. The molecule has 1 aromatic carbocycles. The third-order valence-corrected chi connectivity index (χ3v) is 5.93. The van der Waals surface area contributed by atoms with Gasteiger partial charge >= 0.3 is 5.97 Å². The van der Waals surface area contributed by atoms with E-state index in [9.17, 15) is 4.79 Å². The number of allylic oxidation sites excluding steroid dienone is 2. The fourth-order valence-corrected chi connectivity index (χ4v) is 4.07. The Hall–Kier alpha value is -1.57. The summed E-state index contributed by atoms with van der Waals surface area (Å²) in [5.74, 6) is 1.44. The number of benzene rings is 1. The Morgan fingerprint density at radius 3 is 2.25 bits per heavy atom. The highest BCUT2D eigenvalue weighted by atomic mass is 16.5. The molecular weight excluding hydrogens is 344 g/mol.